The number of piperazine rings is 1. The molecule has 1 amide bonds. The molecule has 1 saturated heterocycles. The third kappa shape index (κ3) is 4.29. The minimum atomic E-state index is -0.600. The van der Waals surface area contributed by atoms with Gasteiger partial charge in [0.1, 0.15) is 6.61 Å². The molecule has 2 heterocycles. The monoisotopic (exact) mass is 411 g/mol. The molecule has 1 fully saturated rings. The lowest BCUT2D eigenvalue weighted by atomic mass is 10.1. The second-order valence-electron chi connectivity index (χ2n) is 7.41. The largest absolute Gasteiger partial charge is 0.485 e. The van der Waals surface area contributed by atoms with E-state index in [2.05, 4.69) is 36.2 Å². The molecule has 4 rings (SSSR count). The lowest BCUT2D eigenvalue weighted by Gasteiger charge is -2.38. The van der Waals surface area contributed by atoms with Crippen molar-refractivity contribution in [1.29, 1.82) is 0 Å². The van der Waals surface area contributed by atoms with Gasteiger partial charge < -0.3 is 24.6 Å². The molecule has 6 nitrogen and oxygen atoms in total. The number of nitrogens with one attached hydrogen (secondary N) is 1. The van der Waals surface area contributed by atoms with E-state index in [9.17, 15) is 4.79 Å². The zero-order chi connectivity index (χ0) is 20.4. The van der Waals surface area contributed by atoms with Crippen molar-refractivity contribution in [3.63, 3.8) is 0 Å². The predicted octanol–water partition coefficient (Wildman–Crippen LogP) is 2.98. The van der Waals surface area contributed by atoms with Crippen molar-refractivity contribution in [2.45, 2.75) is 20.0 Å². The van der Waals surface area contributed by atoms with Gasteiger partial charge in [-0.15, -0.1) is 0 Å². The van der Waals surface area contributed by atoms with Gasteiger partial charge >= 0.3 is 0 Å². The number of aryl methyl sites for hydroxylation is 2. The molecule has 29 heavy (non-hydrogen) atoms. The molecule has 0 saturated carbocycles. The number of fused-ring (bicyclic) bond motifs is 1. The molecule has 152 valence electrons. The van der Waals surface area contributed by atoms with Gasteiger partial charge in [0.05, 0.1) is 0 Å². The Bertz CT molecular complexity index is 925. The average Bonchev–Trinajstić information content (AvgIpc) is 2.75. The van der Waals surface area contributed by atoms with Crippen molar-refractivity contribution in [2.24, 2.45) is 0 Å². The Morgan fingerprint density at radius 2 is 1.69 bits per heavy atom. The Labute approximate surface area is 176 Å². The van der Waals surface area contributed by atoms with E-state index in [4.69, 9.17) is 21.7 Å². The summed E-state index contributed by atoms with van der Waals surface area (Å²) in [7, 11) is 0. The molecule has 1 N–H and O–H groups in total. The highest BCUT2D eigenvalue weighted by Gasteiger charge is 2.33. The molecule has 2 aliphatic heterocycles. The van der Waals surface area contributed by atoms with Crippen molar-refractivity contribution >= 4 is 28.9 Å². The summed E-state index contributed by atoms with van der Waals surface area (Å²) in [5.74, 6) is 1.27. The summed E-state index contributed by atoms with van der Waals surface area (Å²) in [6, 6.07) is 13.6. The van der Waals surface area contributed by atoms with Crippen LogP contribution in [-0.4, -0.2) is 59.7 Å². The van der Waals surface area contributed by atoms with Crippen LogP contribution in [0.25, 0.3) is 0 Å². The number of ether oxygens (including phenoxy) is 2. The zero-order valence-corrected chi connectivity index (χ0v) is 17.5. The summed E-state index contributed by atoms with van der Waals surface area (Å²) in [5.41, 5.74) is 3.47. The van der Waals surface area contributed by atoms with Crippen LogP contribution in [0.3, 0.4) is 0 Å². The highest BCUT2D eigenvalue weighted by atomic mass is 32.1. The summed E-state index contributed by atoms with van der Waals surface area (Å²) in [5, 5.41) is 3.99. The second kappa shape index (κ2) is 8.29. The molecule has 2 aromatic rings. The summed E-state index contributed by atoms with van der Waals surface area (Å²) in [6.45, 7) is 7.00. The number of carbonyl (C=O) groups excluding carboxylic acids is 1. The molecule has 2 aliphatic rings. The van der Waals surface area contributed by atoms with Crippen molar-refractivity contribution < 1.29 is 14.3 Å². The van der Waals surface area contributed by atoms with Crippen LogP contribution in [0, 0.1) is 13.8 Å². The fourth-order valence-electron chi connectivity index (χ4n) is 3.50. The number of para-hydroxylation sites is 2. The quantitative estimate of drug-likeness (QED) is 0.767. The molecule has 0 bridgehead atoms. The van der Waals surface area contributed by atoms with Crippen LogP contribution in [0.1, 0.15) is 11.1 Å². The van der Waals surface area contributed by atoms with Crippen molar-refractivity contribution in [3.8, 4) is 11.5 Å². The first kappa shape index (κ1) is 19.5. The van der Waals surface area contributed by atoms with E-state index in [1.54, 1.807) is 0 Å². The van der Waals surface area contributed by atoms with Crippen LogP contribution in [0.15, 0.2) is 42.5 Å². The third-order valence-corrected chi connectivity index (χ3v) is 5.78. The Kier molecular flexibility index (Phi) is 5.58. The molecule has 0 radical (unpaired) electrons. The zero-order valence-electron chi connectivity index (χ0n) is 16.7. The number of hydrogen-bond donors (Lipinski definition) is 1. The fraction of sp³-hybridized carbons (Fsp3) is 0.364. The van der Waals surface area contributed by atoms with Crippen LogP contribution in [0.4, 0.5) is 5.69 Å². The number of nitrogens with zero attached hydrogens (tertiary/aromatic N) is 2. The van der Waals surface area contributed by atoms with E-state index < -0.39 is 6.10 Å². The fourth-order valence-corrected chi connectivity index (χ4v) is 3.80. The molecule has 0 spiro atoms. The first-order valence-corrected chi connectivity index (χ1v) is 10.2. The molecule has 0 aromatic heterocycles. The Morgan fingerprint density at radius 1 is 1.00 bits per heavy atom. The number of carbonyl (C=O) groups is 1. The Morgan fingerprint density at radius 3 is 2.41 bits per heavy atom. The van der Waals surface area contributed by atoms with Gasteiger partial charge in [-0.2, -0.15) is 0 Å². The second-order valence-corrected chi connectivity index (χ2v) is 7.79. The summed E-state index contributed by atoms with van der Waals surface area (Å²) < 4.78 is 11.5. The minimum Gasteiger partial charge on any atom is -0.485 e. The van der Waals surface area contributed by atoms with Crippen LogP contribution >= 0.6 is 12.2 Å². The van der Waals surface area contributed by atoms with E-state index >= 15 is 0 Å². The van der Waals surface area contributed by atoms with Crippen LogP contribution in [-0.2, 0) is 4.79 Å². The topological polar surface area (TPSA) is 54.0 Å². The van der Waals surface area contributed by atoms with Crippen molar-refractivity contribution in [2.75, 3.05) is 38.1 Å². The third-order valence-electron chi connectivity index (χ3n) is 5.42. The molecule has 1 atom stereocenters. The van der Waals surface area contributed by atoms with E-state index in [0.29, 0.717) is 42.8 Å². The molecule has 2 aromatic carbocycles. The lowest BCUT2D eigenvalue weighted by Crippen LogP contribution is -2.55. The lowest BCUT2D eigenvalue weighted by molar-refractivity contribution is -0.142. The summed E-state index contributed by atoms with van der Waals surface area (Å²) >= 11 is 5.57. The van der Waals surface area contributed by atoms with Gasteiger partial charge in [0.25, 0.3) is 5.91 Å². The van der Waals surface area contributed by atoms with Gasteiger partial charge in [-0.25, -0.2) is 0 Å². The standard InChI is InChI=1S/C22H25N3O3S/c1-15-7-8-17(13-16(15)2)23-22(29)25-11-9-24(10-12-25)21(26)20-14-27-18-5-3-4-6-19(18)28-20/h3-8,13,20H,9-12,14H2,1-2H3,(H,23,29)/t20-/m0/s1. The number of hydrogen-bond acceptors (Lipinski definition) is 4. The van der Waals surface area contributed by atoms with E-state index in [-0.39, 0.29) is 12.5 Å². The van der Waals surface area contributed by atoms with Gasteiger partial charge in [-0.1, -0.05) is 18.2 Å². The normalized spacial score (nSPS) is 18.3. The number of rotatable bonds is 2. The highest BCUT2D eigenvalue weighted by Crippen LogP contribution is 2.31. The number of amides is 1. The van der Waals surface area contributed by atoms with Gasteiger partial charge in [0, 0.05) is 31.9 Å². The Hall–Kier alpha value is -2.80. The van der Waals surface area contributed by atoms with Gasteiger partial charge in [0.15, 0.2) is 16.6 Å². The van der Waals surface area contributed by atoms with Crippen LogP contribution < -0.4 is 14.8 Å². The first-order chi connectivity index (χ1) is 14.0. The van der Waals surface area contributed by atoms with Gasteiger partial charge in [-0.3, -0.25) is 4.79 Å². The maximum Gasteiger partial charge on any atom is 0.267 e. The molecule has 0 unspecified atom stereocenters. The minimum absolute atomic E-state index is 0.0350. The van der Waals surface area contributed by atoms with Crippen LogP contribution in [0.2, 0.25) is 0 Å². The number of benzene rings is 2. The summed E-state index contributed by atoms with van der Waals surface area (Å²) in [4.78, 5) is 16.8. The number of anilines is 1. The maximum absolute atomic E-state index is 12.9. The predicted molar refractivity (Wildman–Crippen MR) is 117 cm³/mol. The van der Waals surface area contributed by atoms with Crippen LogP contribution in [0.5, 0.6) is 11.5 Å². The van der Waals surface area contributed by atoms with Crippen molar-refractivity contribution in [3.05, 3.63) is 53.6 Å². The van der Waals surface area contributed by atoms with E-state index in [1.165, 1.54) is 11.1 Å². The van der Waals surface area contributed by atoms with E-state index in [1.807, 2.05) is 35.2 Å². The molecule has 0 aliphatic carbocycles. The first-order valence-electron chi connectivity index (χ1n) is 9.82. The SMILES string of the molecule is Cc1ccc(NC(=S)N2CCN(C(=O)[C@@H]3COc4ccccc4O3)CC2)cc1C. The molecule has 7 heteroatoms. The maximum atomic E-state index is 12.9. The average molecular weight is 412 g/mol. The Balaban J connectivity index is 1.30. The highest BCUT2D eigenvalue weighted by molar-refractivity contribution is 7.80. The van der Waals surface area contributed by atoms with Gasteiger partial charge in [0.2, 0.25) is 6.10 Å². The molecular formula is C22H25N3O3S. The van der Waals surface area contributed by atoms with Gasteiger partial charge in [-0.05, 0) is 61.5 Å². The van der Waals surface area contributed by atoms with Crippen molar-refractivity contribution in [1.82, 2.24) is 9.80 Å². The molecular weight excluding hydrogens is 386 g/mol. The van der Waals surface area contributed by atoms with E-state index in [0.717, 1.165) is 5.69 Å². The number of thiocarbonyl (C=S) groups is 1. The summed E-state index contributed by atoms with van der Waals surface area (Å²) in [6.07, 6.45) is -0.600. The smallest absolute Gasteiger partial charge is 0.267 e.